The van der Waals surface area contributed by atoms with Crippen molar-refractivity contribution in [2.45, 2.75) is 6.42 Å². The molecule has 1 fully saturated rings. The molecule has 2 aliphatic rings. The largest absolute Gasteiger partial charge is 0.486 e. The third-order valence-corrected chi connectivity index (χ3v) is 3.14. The van der Waals surface area contributed by atoms with Crippen molar-refractivity contribution in [3.05, 3.63) is 18.2 Å². The summed E-state index contributed by atoms with van der Waals surface area (Å²) in [6.07, 6.45) is 0.306. The second-order valence-electron chi connectivity index (χ2n) is 4.40. The number of amides is 2. The number of anilines is 1. The molecule has 100 valence electrons. The summed E-state index contributed by atoms with van der Waals surface area (Å²) in [6, 6.07) is 5.38. The molecule has 2 amide bonds. The van der Waals surface area contributed by atoms with Gasteiger partial charge in [-0.2, -0.15) is 0 Å². The lowest BCUT2D eigenvalue weighted by molar-refractivity contribution is -0.123. The molecule has 0 aromatic heterocycles. The molecule has 3 rings (SSSR count). The molecule has 6 nitrogen and oxygen atoms in total. The number of ether oxygens (including phenoxy) is 2. The predicted octanol–water partition coefficient (Wildman–Crippen LogP) is 0.311. The summed E-state index contributed by atoms with van der Waals surface area (Å²) in [5.74, 6) is 1.10. The molecule has 1 saturated heterocycles. The summed E-state index contributed by atoms with van der Waals surface area (Å²) in [4.78, 5) is 24.9. The summed E-state index contributed by atoms with van der Waals surface area (Å²) in [5.41, 5.74) is 0.728. The van der Waals surface area contributed by atoms with Crippen LogP contribution in [0, 0.1) is 0 Å². The minimum Gasteiger partial charge on any atom is -0.486 e. The van der Waals surface area contributed by atoms with Crippen LogP contribution in [0.15, 0.2) is 18.2 Å². The van der Waals surface area contributed by atoms with Crippen LogP contribution in [0.5, 0.6) is 11.5 Å². The van der Waals surface area contributed by atoms with Crippen LogP contribution in [0.25, 0.3) is 0 Å². The number of hydrogen-bond donors (Lipinski definition) is 1. The summed E-state index contributed by atoms with van der Waals surface area (Å²) >= 11 is 0. The number of nitrogens with one attached hydrogen (secondary N) is 1. The lowest BCUT2D eigenvalue weighted by Crippen LogP contribution is -2.35. The Bertz CT molecular complexity index is 529. The maximum Gasteiger partial charge on any atom is 0.246 e. The number of hydrogen-bond acceptors (Lipinski definition) is 4. The molecule has 0 unspecified atom stereocenters. The number of rotatable bonds is 1. The molecule has 1 N–H and O–H groups in total. The van der Waals surface area contributed by atoms with Gasteiger partial charge in [-0.25, -0.2) is 0 Å². The fourth-order valence-electron chi connectivity index (χ4n) is 2.17. The molecule has 6 heteroatoms. The van der Waals surface area contributed by atoms with Crippen LogP contribution in [0.3, 0.4) is 0 Å². The average Bonchev–Trinajstić information content (AvgIpc) is 2.61. The number of carbonyl (C=O) groups excluding carboxylic acids is 2. The maximum absolute atomic E-state index is 12.0. The number of fused-ring (bicyclic) bond motifs is 1. The normalized spacial score (nSPS) is 18.8. The van der Waals surface area contributed by atoms with Crippen molar-refractivity contribution in [3.63, 3.8) is 0 Å². The third-order valence-electron chi connectivity index (χ3n) is 3.14. The van der Waals surface area contributed by atoms with Crippen molar-refractivity contribution in [3.8, 4) is 11.5 Å². The van der Waals surface area contributed by atoms with E-state index in [9.17, 15) is 9.59 Å². The fourth-order valence-corrected chi connectivity index (χ4v) is 2.17. The van der Waals surface area contributed by atoms with E-state index in [1.165, 1.54) is 0 Å². The Morgan fingerprint density at radius 2 is 1.89 bits per heavy atom. The van der Waals surface area contributed by atoms with Gasteiger partial charge in [0.1, 0.15) is 13.2 Å². The molecule has 1 aromatic carbocycles. The topological polar surface area (TPSA) is 67.9 Å². The van der Waals surface area contributed by atoms with Gasteiger partial charge < -0.3 is 19.7 Å². The van der Waals surface area contributed by atoms with Crippen molar-refractivity contribution in [1.29, 1.82) is 0 Å². The number of benzene rings is 1. The highest BCUT2D eigenvalue weighted by Crippen LogP contribution is 2.34. The van der Waals surface area contributed by atoms with Crippen LogP contribution in [-0.4, -0.2) is 38.1 Å². The fraction of sp³-hybridized carbons (Fsp3) is 0.385. The molecule has 19 heavy (non-hydrogen) atoms. The number of nitrogens with zero attached hydrogens (tertiary/aromatic N) is 1. The molecule has 2 heterocycles. The van der Waals surface area contributed by atoms with E-state index >= 15 is 0 Å². The molecule has 0 bridgehead atoms. The van der Waals surface area contributed by atoms with E-state index in [1.807, 2.05) is 0 Å². The van der Waals surface area contributed by atoms with Gasteiger partial charge in [0, 0.05) is 24.7 Å². The van der Waals surface area contributed by atoms with Gasteiger partial charge in [0.25, 0.3) is 0 Å². The van der Waals surface area contributed by atoms with Crippen LogP contribution >= 0.6 is 0 Å². The lowest BCUT2D eigenvalue weighted by atomic mass is 10.2. The molecule has 1 aromatic rings. The van der Waals surface area contributed by atoms with Crippen molar-refractivity contribution < 1.29 is 19.1 Å². The van der Waals surface area contributed by atoms with Gasteiger partial charge in [-0.1, -0.05) is 0 Å². The zero-order chi connectivity index (χ0) is 13.2. The Kier molecular flexibility index (Phi) is 2.98. The van der Waals surface area contributed by atoms with Gasteiger partial charge in [0.05, 0.1) is 6.54 Å². The highest BCUT2D eigenvalue weighted by molar-refractivity contribution is 5.99. The van der Waals surface area contributed by atoms with E-state index in [1.54, 1.807) is 23.1 Å². The molecule has 0 aliphatic carbocycles. The smallest absolute Gasteiger partial charge is 0.246 e. The van der Waals surface area contributed by atoms with Crippen LogP contribution in [0.4, 0.5) is 5.69 Å². The second kappa shape index (κ2) is 4.79. The molecule has 0 atom stereocenters. The monoisotopic (exact) mass is 262 g/mol. The van der Waals surface area contributed by atoms with Gasteiger partial charge in [-0.15, -0.1) is 0 Å². The Hall–Kier alpha value is -2.24. The molecule has 0 radical (unpaired) electrons. The summed E-state index contributed by atoms with van der Waals surface area (Å²) in [7, 11) is 0. The molecular formula is C13H14N2O4. The molecule has 0 saturated carbocycles. The van der Waals surface area contributed by atoms with E-state index in [4.69, 9.17) is 9.47 Å². The SMILES string of the molecule is O=C1CCN(c2ccc3c(c2)OCCO3)C(=O)CN1. The van der Waals surface area contributed by atoms with Crippen molar-refractivity contribution in [2.24, 2.45) is 0 Å². The van der Waals surface area contributed by atoms with Crippen molar-refractivity contribution >= 4 is 17.5 Å². The quantitative estimate of drug-likeness (QED) is 0.791. The van der Waals surface area contributed by atoms with Crippen LogP contribution in [0.1, 0.15) is 6.42 Å². The van der Waals surface area contributed by atoms with E-state index in [-0.39, 0.29) is 18.4 Å². The Labute approximate surface area is 110 Å². The first-order valence-corrected chi connectivity index (χ1v) is 6.21. The van der Waals surface area contributed by atoms with E-state index in [2.05, 4.69) is 5.32 Å². The predicted molar refractivity (Wildman–Crippen MR) is 67.4 cm³/mol. The molecule has 0 spiro atoms. The first-order chi connectivity index (χ1) is 9.24. The average molecular weight is 262 g/mol. The molecule has 2 aliphatic heterocycles. The summed E-state index contributed by atoms with van der Waals surface area (Å²) in [6.45, 7) is 1.45. The number of carbonyl (C=O) groups is 2. The van der Waals surface area contributed by atoms with Crippen molar-refractivity contribution in [2.75, 3.05) is 31.2 Å². The van der Waals surface area contributed by atoms with Gasteiger partial charge >= 0.3 is 0 Å². The van der Waals surface area contributed by atoms with Gasteiger partial charge in [0.15, 0.2) is 11.5 Å². The van der Waals surface area contributed by atoms with Crippen LogP contribution in [0.2, 0.25) is 0 Å². The lowest BCUT2D eigenvalue weighted by Gasteiger charge is -2.23. The van der Waals surface area contributed by atoms with Gasteiger partial charge in [-0.3, -0.25) is 9.59 Å². The third kappa shape index (κ3) is 2.33. The second-order valence-corrected chi connectivity index (χ2v) is 4.40. The Balaban J connectivity index is 1.88. The van der Waals surface area contributed by atoms with Crippen LogP contribution < -0.4 is 19.7 Å². The maximum atomic E-state index is 12.0. The molecular weight excluding hydrogens is 248 g/mol. The van der Waals surface area contributed by atoms with Crippen molar-refractivity contribution in [1.82, 2.24) is 5.32 Å². The Morgan fingerprint density at radius 3 is 2.74 bits per heavy atom. The summed E-state index contributed by atoms with van der Waals surface area (Å²) < 4.78 is 10.9. The zero-order valence-electron chi connectivity index (χ0n) is 10.3. The first kappa shape index (κ1) is 11.8. The van der Waals surface area contributed by atoms with Gasteiger partial charge in [0.2, 0.25) is 11.8 Å². The first-order valence-electron chi connectivity index (χ1n) is 6.21. The highest BCUT2D eigenvalue weighted by atomic mass is 16.6. The van der Waals surface area contributed by atoms with Crippen LogP contribution in [-0.2, 0) is 9.59 Å². The standard InChI is InChI=1S/C13H14N2O4/c16-12-3-4-15(13(17)8-14-12)9-1-2-10-11(7-9)19-6-5-18-10/h1-2,7H,3-6,8H2,(H,14,16). The highest BCUT2D eigenvalue weighted by Gasteiger charge is 2.23. The van der Waals surface area contributed by atoms with E-state index in [0.29, 0.717) is 37.7 Å². The summed E-state index contributed by atoms with van der Waals surface area (Å²) in [5, 5.41) is 2.57. The zero-order valence-corrected chi connectivity index (χ0v) is 10.3. The minimum atomic E-state index is -0.123. The van der Waals surface area contributed by atoms with E-state index in [0.717, 1.165) is 5.69 Å². The Morgan fingerprint density at radius 1 is 1.11 bits per heavy atom. The minimum absolute atomic E-state index is 0.0350. The van der Waals surface area contributed by atoms with Gasteiger partial charge in [-0.05, 0) is 12.1 Å². The van der Waals surface area contributed by atoms with E-state index < -0.39 is 0 Å².